The van der Waals surface area contributed by atoms with E-state index in [0.29, 0.717) is 0 Å². The Balaban J connectivity index is -0.000000209. The minimum atomic E-state index is -3.08. The number of rotatable bonds is 6. The smallest absolute Gasteiger partial charge is 0.385 e. The van der Waals surface area contributed by atoms with Crippen LogP contribution < -0.4 is 18.9 Å². The summed E-state index contributed by atoms with van der Waals surface area (Å²) in [5, 5.41) is 0. The van der Waals surface area contributed by atoms with Crippen molar-refractivity contribution in [2.24, 2.45) is 0 Å². The van der Waals surface area contributed by atoms with Crippen LogP contribution in [0.4, 0.5) is 13.2 Å². The van der Waals surface area contributed by atoms with E-state index in [9.17, 15) is 13.2 Å². The van der Waals surface area contributed by atoms with Crippen LogP contribution in [0.2, 0.25) is 0 Å². The van der Waals surface area contributed by atoms with E-state index < -0.39 is 6.68 Å². The van der Waals surface area contributed by atoms with Gasteiger partial charge in [-0.05, 0) is 12.8 Å². The molecule has 0 aliphatic heterocycles. The van der Waals surface area contributed by atoms with Gasteiger partial charge in [0.15, 0.2) is 6.68 Å². The van der Waals surface area contributed by atoms with Crippen molar-refractivity contribution >= 4 is 0 Å². The monoisotopic (exact) mass is 206 g/mol. The third-order valence-corrected chi connectivity index (χ3v) is 1.28. The van der Waals surface area contributed by atoms with Gasteiger partial charge in [0.1, 0.15) is 0 Å². The molecule has 0 unspecified atom stereocenters. The maximum absolute atomic E-state index is 9.58. The van der Waals surface area contributed by atoms with Crippen LogP contribution in [-0.2, 0) is 4.74 Å². The molecule has 82 valence electrons. The molecular formula is C9H18F3LiO. The van der Waals surface area contributed by atoms with Gasteiger partial charge in [-0.25, -0.2) is 0 Å². The van der Waals surface area contributed by atoms with E-state index in [0.717, 1.165) is 13.2 Å². The Bertz CT molecular complexity index is 75.7. The Morgan fingerprint density at radius 2 is 1.21 bits per heavy atom. The summed E-state index contributed by atoms with van der Waals surface area (Å²) in [6.07, 6.45) is 4.91. The summed E-state index contributed by atoms with van der Waals surface area (Å²) in [7, 11) is 0. The Kier molecular flexibility index (Phi) is 26.9. The Labute approximate surface area is 96.6 Å². The predicted molar refractivity (Wildman–Crippen MR) is 47.2 cm³/mol. The Morgan fingerprint density at radius 3 is 1.43 bits per heavy atom. The molecule has 5 heteroatoms. The molecule has 0 fully saturated rings. The number of halogens is 3. The predicted octanol–water partition coefficient (Wildman–Crippen LogP) is 0.949. The molecule has 1 nitrogen and oxygen atoms in total. The van der Waals surface area contributed by atoms with Crippen LogP contribution in [0.25, 0.3) is 0 Å². The fourth-order valence-corrected chi connectivity index (χ4v) is 0.595. The molecule has 14 heavy (non-hydrogen) atoms. The summed E-state index contributed by atoms with van der Waals surface area (Å²) in [5.74, 6) is 0. The van der Waals surface area contributed by atoms with Crippen molar-refractivity contribution in [3.63, 3.8) is 0 Å². The zero-order valence-electron chi connectivity index (χ0n) is 9.28. The first-order valence-electron chi connectivity index (χ1n) is 4.56. The maximum Gasteiger partial charge on any atom is 1.00 e. The maximum atomic E-state index is 9.58. The quantitative estimate of drug-likeness (QED) is 0.357. The van der Waals surface area contributed by atoms with Gasteiger partial charge >= 0.3 is 18.9 Å². The average molecular weight is 206 g/mol. The topological polar surface area (TPSA) is 9.23 Å². The fourth-order valence-electron chi connectivity index (χ4n) is 0.595. The first-order chi connectivity index (χ1) is 6.15. The van der Waals surface area contributed by atoms with Gasteiger partial charge in [0, 0.05) is 13.2 Å². The van der Waals surface area contributed by atoms with Crippen molar-refractivity contribution in [3.8, 4) is 0 Å². The van der Waals surface area contributed by atoms with Crippen LogP contribution in [-0.4, -0.2) is 13.2 Å². The molecule has 0 atom stereocenters. The van der Waals surface area contributed by atoms with E-state index in [1.165, 1.54) is 25.7 Å². The van der Waals surface area contributed by atoms with Gasteiger partial charge in [-0.15, -0.1) is 0 Å². The van der Waals surface area contributed by atoms with Crippen LogP contribution in [0, 0.1) is 6.68 Å². The molecule has 0 N–H and O–H groups in total. The molecule has 0 aromatic heterocycles. The summed E-state index contributed by atoms with van der Waals surface area (Å²) in [6, 6.07) is 0. The van der Waals surface area contributed by atoms with Crippen molar-refractivity contribution in [3.05, 3.63) is 6.68 Å². The van der Waals surface area contributed by atoms with Crippen molar-refractivity contribution in [2.75, 3.05) is 13.2 Å². The van der Waals surface area contributed by atoms with Gasteiger partial charge in [-0.3, -0.25) is 0 Å². The van der Waals surface area contributed by atoms with E-state index >= 15 is 0 Å². The summed E-state index contributed by atoms with van der Waals surface area (Å²) < 4.78 is 34.1. The number of hydrogen-bond donors (Lipinski definition) is 0. The Morgan fingerprint density at radius 1 is 0.929 bits per heavy atom. The van der Waals surface area contributed by atoms with Gasteiger partial charge in [0.2, 0.25) is 0 Å². The van der Waals surface area contributed by atoms with Crippen LogP contribution in [0.1, 0.15) is 39.5 Å². The molecule has 0 bridgehead atoms. The third kappa shape index (κ3) is 39.5. The van der Waals surface area contributed by atoms with Crippen LogP contribution >= 0.6 is 0 Å². The zero-order valence-corrected chi connectivity index (χ0v) is 9.28. The SMILES string of the molecule is CCCCOCCCC.F[C-](F)F.[Li+]. The number of unbranched alkanes of at least 4 members (excludes halogenated alkanes) is 2. The van der Waals surface area contributed by atoms with E-state index in [1.54, 1.807) is 0 Å². The minimum Gasteiger partial charge on any atom is -0.385 e. The van der Waals surface area contributed by atoms with E-state index in [4.69, 9.17) is 4.74 Å². The molecule has 0 heterocycles. The second kappa shape index (κ2) is 19.0. The first kappa shape index (κ1) is 19.9. The fraction of sp³-hybridized carbons (Fsp3) is 0.889. The van der Waals surface area contributed by atoms with Crippen LogP contribution in [0.3, 0.4) is 0 Å². The average Bonchev–Trinajstić information content (AvgIpc) is 2.03. The molecular weight excluding hydrogens is 188 g/mol. The minimum absolute atomic E-state index is 0. The molecule has 0 aliphatic carbocycles. The second-order valence-corrected chi connectivity index (χ2v) is 2.53. The summed E-state index contributed by atoms with van der Waals surface area (Å²) in [5.41, 5.74) is 0. The van der Waals surface area contributed by atoms with Gasteiger partial charge in [0.25, 0.3) is 0 Å². The number of hydrogen-bond acceptors (Lipinski definition) is 1. The summed E-state index contributed by atoms with van der Waals surface area (Å²) >= 11 is 0. The first-order valence-corrected chi connectivity index (χ1v) is 4.56. The van der Waals surface area contributed by atoms with Gasteiger partial charge < -0.3 is 17.9 Å². The molecule has 0 spiro atoms. The third-order valence-electron chi connectivity index (χ3n) is 1.28. The second-order valence-electron chi connectivity index (χ2n) is 2.53. The van der Waals surface area contributed by atoms with Gasteiger partial charge in [-0.2, -0.15) is 0 Å². The largest absolute Gasteiger partial charge is 1.00 e. The molecule has 0 saturated carbocycles. The molecule has 0 aliphatic rings. The molecule has 0 saturated heterocycles. The van der Waals surface area contributed by atoms with Gasteiger partial charge in [-0.1, -0.05) is 26.7 Å². The van der Waals surface area contributed by atoms with Crippen molar-refractivity contribution in [2.45, 2.75) is 39.5 Å². The molecule has 0 aromatic rings. The van der Waals surface area contributed by atoms with Crippen molar-refractivity contribution in [1.82, 2.24) is 0 Å². The molecule has 0 rings (SSSR count). The van der Waals surface area contributed by atoms with Crippen LogP contribution in [0.5, 0.6) is 0 Å². The summed E-state index contributed by atoms with van der Waals surface area (Å²) in [4.78, 5) is 0. The zero-order chi connectivity index (χ0) is 10.5. The standard InChI is InChI=1S/C8H18O.CF3.Li/c1-3-5-7-9-8-6-4-2;2-1(3)4;/h3-8H2,1-2H3;;/q;-1;+1. The Hall–Kier alpha value is 0.347. The molecule has 0 amide bonds. The van der Waals surface area contributed by atoms with E-state index in [-0.39, 0.29) is 18.9 Å². The van der Waals surface area contributed by atoms with Gasteiger partial charge in [0.05, 0.1) is 0 Å². The van der Waals surface area contributed by atoms with E-state index in [1.807, 2.05) is 0 Å². The molecule has 0 aromatic carbocycles. The normalized spacial score (nSPS) is 9.00. The van der Waals surface area contributed by atoms with Crippen molar-refractivity contribution in [1.29, 1.82) is 0 Å². The van der Waals surface area contributed by atoms with Crippen LogP contribution in [0.15, 0.2) is 0 Å². The number of ether oxygens (including phenoxy) is 1. The summed E-state index contributed by atoms with van der Waals surface area (Å²) in [6.45, 7) is 3.19. The molecule has 0 radical (unpaired) electrons. The van der Waals surface area contributed by atoms with E-state index in [2.05, 4.69) is 13.8 Å². The van der Waals surface area contributed by atoms with Crippen molar-refractivity contribution < 1.29 is 36.8 Å².